The summed E-state index contributed by atoms with van der Waals surface area (Å²) >= 11 is 6.72. The molecule has 1 fully saturated rings. The lowest BCUT2D eigenvalue weighted by molar-refractivity contribution is -0.144. The molecule has 1 aromatic carbocycles. The molecule has 1 amide bonds. The van der Waals surface area contributed by atoms with Crippen LogP contribution >= 0.6 is 24.0 Å². The maximum absolute atomic E-state index is 12.4. The molecule has 1 saturated heterocycles. The number of thiocarbonyl (C=S) groups is 1. The van der Waals surface area contributed by atoms with Crippen molar-refractivity contribution in [1.82, 2.24) is 15.2 Å². The monoisotopic (exact) mass is 405 g/mol. The van der Waals surface area contributed by atoms with Gasteiger partial charge in [-0.3, -0.25) is 4.79 Å². The van der Waals surface area contributed by atoms with Crippen molar-refractivity contribution in [2.24, 2.45) is 0 Å². The number of benzene rings is 1. The molecule has 2 N–H and O–H groups in total. The first-order chi connectivity index (χ1) is 13.1. The second-order valence-corrected chi connectivity index (χ2v) is 8.06. The van der Waals surface area contributed by atoms with E-state index >= 15 is 0 Å². The molecular formula is C19H23N3O3S2. The van der Waals surface area contributed by atoms with Gasteiger partial charge in [-0.1, -0.05) is 42.2 Å². The van der Waals surface area contributed by atoms with E-state index in [1.807, 2.05) is 30.5 Å². The number of esters is 1. The highest BCUT2D eigenvalue weighted by molar-refractivity contribution is 8.23. The topological polar surface area (TPSA) is 74.4 Å². The van der Waals surface area contributed by atoms with E-state index in [2.05, 4.69) is 15.2 Å². The third kappa shape index (κ3) is 5.01. The van der Waals surface area contributed by atoms with Crippen LogP contribution in [0, 0.1) is 0 Å². The van der Waals surface area contributed by atoms with Gasteiger partial charge in [-0.25, -0.2) is 4.79 Å². The Balaban J connectivity index is 1.60. The molecule has 8 heteroatoms. The molecule has 2 aromatic rings. The van der Waals surface area contributed by atoms with Crippen molar-refractivity contribution in [3.05, 3.63) is 36.0 Å². The molecule has 0 radical (unpaired) electrons. The third-order valence-electron chi connectivity index (χ3n) is 4.61. The summed E-state index contributed by atoms with van der Waals surface area (Å²) in [5.41, 5.74) is 1.95. The van der Waals surface area contributed by atoms with Gasteiger partial charge < -0.3 is 19.9 Å². The largest absolute Gasteiger partial charge is 0.467 e. The molecular weight excluding hydrogens is 382 g/mol. The summed E-state index contributed by atoms with van der Waals surface area (Å²) in [5.74, 6) is -0.492. The molecule has 1 atom stereocenters. The molecule has 27 heavy (non-hydrogen) atoms. The van der Waals surface area contributed by atoms with Crippen LogP contribution < -0.4 is 5.32 Å². The fourth-order valence-corrected chi connectivity index (χ4v) is 4.27. The van der Waals surface area contributed by atoms with Gasteiger partial charge in [-0.05, 0) is 24.5 Å². The summed E-state index contributed by atoms with van der Waals surface area (Å²) in [7, 11) is 1.33. The van der Waals surface area contributed by atoms with Crippen molar-refractivity contribution < 1.29 is 14.3 Å². The van der Waals surface area contributed by atoms with Crippen molar-refractivity contribution in [3.63, 3.8) is 0 Å². The Morgan fingerprint density at radius 1 is 1.33 bits per heavy atom. The zero-order valence-electron chi connectivity index (χ0n) is 15.2. The molecule has 0 unspecified atom stereocenters. The fraction of sp³-hybridized carbons (Fsp3) is 0.421. The van der Waals surface area contributed by atoms with E-state index in [9.17, 15) is 9.59 Å². The van der Waals surface area contributed by atoms with Gasteiger partial charge in [-0.2, -0.15) is 0 Å². The number of thioether (sulfide) groups is 1. The second-order valence-electron chi connectivity index (χ2n) is 6.46. The Labute approximate surface area is 168 Å². The average Bonchev–Trinajstić information content (AvgIpc) is 3.35. The van der Waals surface area contributed by atoms with Crippen LogP contribution in [0.15, 0.2) is 30.5 Å². The minimum Gasteiger partial charge on any atom is -0.467 e. The number of H-pyrrole nitrogens is 1. The van der Waals surface area contributed by atoms with Gasteiger partial charge in [-0.15, -0.1) is 0 Å². The predicted molar refractivity (Wildman–Crippen MR) is 112 cm³/mol. The Hall–Kier alpha value is -2.06. The van der Waals surface area contributed by atoms with Crippen LogP contribution in [0.5, 0.6) is 0 Å². The number of carbonyl (C=O) groups is 2. The van der Waals surface area contributed by atoms with Gasteiger partial charge in [0.1, 0.15) is 10.4 Å². The van der Waals surface area contributed by atoms with E-state index < -0.39 is 12.0 Å². The molecule has 1 aliphatic rings. The summed E-state index contributed by atoms with van der Waals surface area (Å²) < 4.78 is 5.62. The number of methoxy groups -OCH3 is 1. The van der Waals surface area contributed by atoms with E-state index in [0.29, 0.717) is 6.42 Å². The Morgan fingerprint density at radius 3 is 2.81 bits per heavy atom. The average molecular weight is 406 g/mol. The fourth-order valence-electron chi connectivity index (χ4n) is 3.21. The number of carbonyl (C=O) groups excluding carboxylic acids is 2. The van der Waals surface area contributed by atoms with Crippen LogP contribution in [0.3, 0.4) is 0 Å². The number of aromatic amines is 1. The first-order valence-electron chi connectivity index (χ1n) is 8.92. The summed E-state index contributed by atoms with van der Waals surface area (Å²) in [6.45, 7) is 1.91. The quantitative estimate of drug-likeness (QED) is 0.568. The first kappa shape index (κ1) is 19.7. The Morgan fingerprint density at radius 2 is 2.07 bits per heavy atom. The number of ether oxygens (including phenoxy) is 1. The molecule has 0 spiro atoms. The van der Waals surface area contributed by atoms with Gasteiger partial charge in [0.2, 0.25) is 5.91 Å². The van der Waals surface area contributed by atoms with Crippen molar-refractivity contribution in [3.8, 4) is 0 Å². The van der Waals surface area contributed by atoms with Gasteiger partial charge >= 0.3 is 5.97 Å². The lowest BCUT2D eigenvalue weighted by atomic mass is 10.0. The smallest absolute Gasteiger partial charge is 0.328 e. The highest BCUT2D eigenvalue weighted by Gasteiger charge is 2.24. The summed E-state index contributed by atoms with van der Waals surface area (Å²) in [6, 6.07) is 7.12. The molecule has 1 aromatic heterocycles. The van der Waals surface area contributed by atoms with Crippen LogP contribution in [-0.4, -0.2) is 58.1 Å². The molecule has 0 aliphatic carbocycles. The summed E-state index contributed by atoms with van der Waals surface area (Å²) in [6.07, 6.45) is 4.51. The normalized spacial score (nSPS) is 14.9. The van der Waals surface area contributed by atoms with Crippen molar-refractivity contribution in [2.45, 2.75) is 25.3 Å². The number of amides is 1. The maximum atomic E-state index is 12.4. The number of para-hydroxylation sites is 1. The van der Waals surface area contributed by atoms with Crippen molar-refractivity contribution in [2.75, 3.05) is 26.0 Å². The van der Waals surface area contributed by atoms with Crippen LogP contribution in [-0.2, 0) is 20.7 Å². The van der Waals surface area contributed by atoms with Crippen LogP contribution in [0.25, 0.3) is 10.9 Å². The minimum atomic E-state index is -0.734. The number of nitrogens with zero attached hydrogens (tertiary/aromatic N) is 1. The molecule has 2 heterocycles. The van der Waals surface area contributed by atoms with Crippen LogP contribution in [0.1, 0.15) is 18.4 Å². The summed E-state index contributed by atoms with van der Waals surface area (Å²) in [4.78, 5) is 29.8. The Kier molecular flexibility index (Phi) is 6.73. The van der Waals surface area contributed by atoms with E-state index in [-0.39, 0.29) is 11.7 Å². The van der Waals surface area contributed by atoms with Crippen molar-refractivity contribution >= 4 is 51.1 Å². The number of likely N-dealkylation sites (tertiary alicyclic amines) is 1. The van der Waals surface area contributed by atoms with E-state index in [4.69, 9.17) is 17.0 Å². The SMILES string of the molecule is COC(=O)[C@H](Cc1c[nH]c2ccccc12)NC(=O)CSC(=S)N1CCCC1. The third-order valence-corrected chi connectivity index (χ3v) is 6.13. The first-order valence-corrected chi connectivity index (χ1v) is 10.3. The van der Waals surface area contributed by atoms with Crippen LogP contribution in [0.4, 0.5) is 0 Å². The Bertz CT molecular complexity index is 830. The molecule has 0 saturated carbocycles. The zero-order valence-corrected chi connectivity index (χ0v) is 16.8. The number of rotatable bonds is 6. The standard InChI is InChI=1S/C19H23N3O3S2/c1-25-18(24)16(10-13-11-20-15-7-3-2-6-14(13)15)21-17(23)12-27-19(26)22-8-4-5-9-22/h2-3,6-7,11,16,20H,4-5,8-10,12H2,1H3,(H,21,23)/t16-/m0/s1. The van der Waals surface area contributed by atoms with E-state index in [1.54, 1.807) is 0 Å². The maximum Gasteiger partial charge on any atom is 0.328 e. The number of hydrogen-bond acceptors (Lipinski definition) is 5. The highest BCUT2D eigenvalue weighted by Crippen LogP contribution is 2.20. The molecule has 3 rings (SSSR count). The van der Waals surface area contributed by atoms with E-state index in [0.717, 1.165) is 46.7 Å². The van der Waals surface area contributed by atoms with E-state index in [1.165, 1.54) is 18.9 Å². The molecule has 144 valence electrons. The number of nitrogens with one attached hydrogen (secondary N) is 2. The number of fused-ring (bicyclic) bond motifs is 1. The highest BCUT2D eigenvalue weighted by atomic mass is 32.2. The predicted octanol–water partition coefficient (Wildman–Crippen LogP) is 2.48. The van der Waals surface area contributed by atoms with Crippen molar-refractivity contribution in [1.29, 1.82) is 0 Å². The lowest BCUT2D eigenvalue weighted by Gasteiger charge is -2.19. The minimum absolute atomic E-state index is 0.191. The van der Waals surface area contributed by atoms with Gasteiger partial charge in [0.15, 0.2) is 0 Å². The molecule has 1 aliphatic heterocycles. The zero-order chi connectivity index (χ0) is 19.2. The molecule has 6 nitrogen and oxygen atoms in total. The van der Waals surface area contributed by atoms with Gasteiger partial charge in [0.05, 0.1) is 12.9 Å². The summed E-state index contributed by atoms with van der Waals surface area (Å²) in [5, 5.41) is 3.82. The lowest BCUT2D eigenvalue weighted by Crippen LogP contribution is -2.44. The second kappa shape index (κ2) is 9.23. The van der Waals surface area contributed by atoms with Gasteiger partial charge in [0.25, 0.3) is 0 Å². The molecule has 0 bridgehead atoms. The number of hydrogen-bond donors (Lipinski definition) is 2. The number of aromatic nitrogens is 1. The van der Waals surface area contributed by atoms with Gasteiger partial charge in [0, 0.05) is 36.6 Å². The van der Waals surface area contributed by atoms with Crippen LogP contribution in [0.2, 0.25) is 0 Å².